The van der Waals surface area contributed by atoms with Crippen LogP contribution in [-0.2, 0) is 6.54 Å². The van der Waals surface area contributed by atoms with Gasteiger partial charge in [0.05, 0.1) is 0 Å². The predicted molar refractivity (Wildman–Crippen MR) is 65.8 cm³/mol. The van der Waals surface area contributed by atoms with Gasteiger partial charge in [-0.3, -0.25) is 4.90 Å². The number of pyridine rings is 1. The van der Waals surface area contributed by atoms with Crippen molar-refractivity contribution in [2.75, 3.05) is 12.5 Å². The lowest BCUT2D eigenvalue weighted by Crippen LogP contribution is -2.29. The van der Waals surface area contributed by atoms with Gasteiger partial charge in [-0.1, -0.05) is 18.9 Å². The van der Waals surface area contributed by atoms with E-state index in [1.165, 1.54) is 31.2 Å². The van der Waals surface area contributed by atoms with Crippen molar-refractivity contribution < 1.29 is 0 Å². The Kier molecular flexibility index (Phi) is 3.74. The largest absolute Gasteiger partial charge is 0.308 e. The van der Waals surface area contributed by atoms with Crippen LogP contribution in [0.4, 0.5) is 5.82 Å². The lowest BCUT2D eigenvalue weighted by atomic mass is 10.2. The van der Waals surface area contributed by atoms with Crippen LogP contribution in [0.2, 0.25) is 0 Å². The second kappa shape index (κ2) is 5.27. The van der Waals surface area contributed by atoms with Crippen molar-refractivity contribution in [1.82, 2.24) is 9.88 Å². The Morgan fingerprint density at radius 3 is 2.94 bits per heavy atom. The molecular weight excluding hydrogens is 200 g/mol. The van der Waals surface area contributed by atoms with Crippen molar-refractivity contribution >= 4 is 5.82 Å². The smallest absolute Gasteiger partial charge is 0.144 e. The van der Waals surface area contributed by atoms with E-state index in [1.807, 2.05) is 6.07 Å². The first-order valence-corrected chi connectivity index (χ1v) is 5.92. The number of nitrogens with zero attached hydrogens (tertiary/aromatic N) is 2. The maximum Gasteiger partial charge on any atom is 0.144 e. The van der Waals surface area contributed by atoms with Crippen LogP contribution in [0.25, 0.3) is 0 Å². The molecule has 1 aliphatic carbocycles. The Labute approximate surface area is 96.8 Å². The van der Waals surface area contributed by atoms with Crippen LogP contribution >= 0.6 is 0 Å². The molecule has 2 rings (SSSR count). The topological polar surface area (TPSA) is 54.2 Å². The third-order valence-electron chi connectivity index (χ3n) is 3.40. The van der Waals surface area contributed by atoms with Crippen molar-refractivity contribution in [1.29, 1.82) is 0 Å². The molecule has 0 radical (unpaired) electrons. The molecule has 0 spiro atoms. The normalized spacial score (nSPS) is 16.9. The van der Waals surface area contributed by atoms with E-state index in [2.05, 4.69) is 28.4 Å². The molecule has 1 aromatic rings. The van der Waals surface area contributed by atoms with E-state index in [0.29, 0.717) is 0 Å². The summed E-state index contributed by atoms with van der Waals surface area (Å²) < 4.78 is 0. The average molecular weight is 220 g/mol. The summed E-state index contributed by atoms with van der Waals surface area (Å²) in [5, 5.41) is 0. The minimum atomic E-state index is 0.728. The number of nitrogens with two attached hydrogens (primary N) is 1. The van der Waals surface area contributed by atoms with Crippen molar-refractivity contribution in [3.63, 3.8) is 0 Å². The second-order valence-corrected chi connectivity index (χ2v) is 4.51. The first-order valence-electron chi connectivity index (χ1n) is 5.92. The molecule has 1 heterocycles. The van der Waals surface area contributed by atoms with E-state index < -0.39 is 0 Å². The van der Waals surface area contributed by atoms with Crippen LogP contribution in [0, 0.1) is 0 Å². The van der Waals surface area contributed by atoms with Crippen molar-refractivity contribution in [3.8, 4) is 0 Å². The van der Waals surface area contributed by atoms with Gasteiger partial charge in [0.2, 0.25) is 0 Å². The monoisotopic (exact) mass is 220 g/mol. The van der Waals surface area contributed by atoms with Crippen LogP contribution < -0.4 is 11.3 Å². The molecule has 1 aliphatic rings. The zero-order chi connectivity index (χ0) is 11.4. The maximum absolute atomic E-state index is 5.45. The van der Waals surface area contributed by atoms with Crippen molar-refractivity contribution in [3.05, 3.63) is 23.9 Å². The van der Waals surface area contributed by atoms with Gasteiger partial charge in [-0.05, 0) is 26.0 Å². The third-order valence-corrected chi connectivity index (χ3v) is 3.40. The molecule has 0 saturated heterocycles. The van der Waals surface area contributed by atoms with Crippen molar-refractivity contribution in [2.24, 2.45) is 5.84 Å². The van der Waals surface area contributed by atoms with Gasteiger partial charge in [0.25, 0.3) is 0 Å². The van der Waals surface area contributed by atoms with Gasteiger partial charge < -0.3 is 5.43 Å². The quantitative estimate of drug-likeness (QED) is 0.599. The number of anilines is 1. The highest BCUT2D eigenvalue weighted by Crippen LogP contribution is 2.24. The van der Waals surface area contributed by atoms with Gasteiger partial charge >= 0.3 is 0 Å². The van der Waals surface area contributed by atoms with E-state index in [9.17, 15) is 0 Å². The summed E-state index contributed by atoms with van der Waals surface area (Å²) in [4.78, 5) is 6.62. The van der Waals surface area contributed by atoms with E-state index in [0.717, 1.165) is 18.4 Å². The van der Waals surface area contributed by atoms with Gasteiger partial charge in [-0.15, -0.1) is 0 Å². The molecule has 4 heteroatoms. The molecule has 0 amide bonds. The molecule has 88 valence electrons. The molecule has 3 N–H and O–H groups in total. The molecule has 0 aromatic carbocycles. The SMILES string of the molecule is CN(Cc1cccnc1NN)C1CCCC1. The summed E-state index contributed by atoms with van der Waals surface area (Å²) in [5.74, 6) is 6.23. The Bertz CT molecular complexity index is 334. The minimum absolute atomic E-state index is 0.728. The number of aromatic nitrogens is 1. The number of hydrogen-bond donors (Lipinski definition) is 2. The lowest BCUT2D eigenvalue weighted by Gasteiger charge is -2.24. The van der Waals surface area contributed by atoms with Crippen molar-refractivity contribution in [2.45, 2.75) is 38.3 Å². The van der Waals surface area contributed by atoms with Crippen LogP contribution in [0.15, 0.2) is 18.3 Å². The Hall–Kier alpha value is -1.13. The number of rotatable bonds is 4. The summed E-state index contributed by atoms with van der Waals surface area (Å²) >= 11 is 0. The zero-order valence-electron chi connectivity index (χ0n) is 9.82. The molecule has 0 atom stereocenters. The highest BCUT2D eigenvalue weighted by Gasteiger charge is 2.20. The summed E-state index contributed by atoms with van der Waals surface area (Å²) in [6.07, 6.45) is 7.13. The molecule has 1 fully saturated rings. The lowest BCUT2D eigenvalue weighted by molar-refractivity contribution is 0.237. The molecule has 1 aromatic heterocycles. The van der Waals surface area contributed by atoms with E-state index in [-0.39, 0.29) is 0 Å². The fourth-order valence-corrected chi connectivity index (χ4v) is 2.44. The fourth-order valence-electron chi connectivity index (χ4n) is 2.44. The summed E-state index contributed by atoms with van der Waals surface area (Å²) in [6.45, 7) is 0.915. The first kappa shape index (κ1) is 11.4. The Morgan fingerprint density at radius 2 is 2.25 bits per heavy atom. The number of nitrogen functional groups attached to an aromatic ring is 1. The van der Waals surface area contributed by atoms with Gasteiger partial charge in [0, 0.05) is 24.3 Å². The predicted octanol–water partition coefficient (Wildman–Crippen LogP) is 1.74. The van der Waals surface area contributed by atoms with Gasteiger partial charge in [0.1, 0.15) is 5.82 Å². The molecule has 1 saturated carbocycles. The molecule has 0 aliphatic heterocycles. The standard InChI is InChI=1S/C12H20N4/c1-16(11-6-2-3-7-11)9-10-5-4-8-14-12(10)15-13/h4-5,8,11H,2-3,6-7,9,13H2,1H3,(H,14,15). The Morgan fingerprint density at radius 1 is 1.50 bits per heavy atom. The van der Waals surface area contributed by atoms with Gasteiger partial charge in [-0.25, -0.2) is 10.8 Å². The summed E-state index contributed by atoms with van der Waals surface area (Å²) in [5.41, 5.74) is 3.82. The summed E-state index contributed by atoms with van der Waals surface area (Å²) in [7, 11) is 2.18. The van der Waals surface area contributed by atoms with E-state index in [1.54, 1.807) is 6.20 Å². The Balaban J connectivity index is 2.01. The van der Waals surface area contributed by atoms with Gasteiger partial charge in [0.15, 0.2) is 0 Å². The zero-order valence-corrected chi connectivity index (χ0v) is 9.82. The highest BCUT2D eigenvalue weighted by molar-refractivity contribution is 5.42. The van der Waals surface area contributed by atoms with Crippen LogP contribution in [0.3, 0.4) is 0 Å². The molecular formula is C12H20N4. The first-order chi connectivity index (χ1) is 7.81. The van der Waals surface area contributed by atoms with Crippen LogP contribution in [-0.4, -0.2) is 23.0 Å². The second-order valence-electron chi connectivity index (χ2n) is 4.51. The highest BCUT2D eigenvalue weighted by atomic mass is 15.3. The summed E-state index contributed by atoms with van der Waals surface area (Å²) in [6, 6.07) is 4.76. The van der Waals surface area contributed by atoms with Crippen LogP contribution in [0.5, 0.6) is 0 Å². The molecule has 4 nitrogen and oxygen atoms in total. The van der Waals surface area contributed by atoms with E-state index in [4.69, 9.17) is 5.84 Å². The van der Waals surface area contributed by atoms with Gasteiger partial charge in [-0.2, -0.15) is 0 Å². The number of hydrazine groups is 1. The maximum atomic E-state index is 5.45. The third kappa shape index (κ3) is 2.51. The number of nitrogens with one attached hydrogen (secondary N) is 1. The minimum Gasteiger partial charge on any atom is -0.308 e. The van der Waals surface area contributed by atoms with E-state index >= 15 is 0 Å². The molecule has 16 heavy (non-hydrogen) atoms. The average Bonchev–Trinajstić information content (AvgIpc) is 2.83. The molecule has 0 unspecified atom stereocenters. The van der Waals surface area contributed by atoms with Crippen LogP contribution in [0.1, 0.15) is 31.2 Å². The molecule has 0 bridgehead atoms. The fraction of sp³-hybridized carbons (Fsp3) is 0.583. The number of hydrogen-bond acceptors (Lipinski definition) is 4.